The summed E-state index contributed by atoms with van der Waals surface area (Å²) in [5.41, 5.74) is 5.26. The van der Waals surface area contributed by atoms with Crippen molar-refractivity contribution in [3.63, 3.8) is 0 Å². The van der Waals surface area contributed by atoms with Gasteiger partial charge in [-0.15, -0.1) is 0 Å². The van der Waals surface area contributed by atoms with Crippen molar-refractivity contribution < 1.29 is 8.78 Å². The number of hydrogen-bond acceptors (Lipinski definition) is 4. The van der Waals surface area contributed by atoms with E-state index in [0.29, 0.717) is 22.8 Å². The van der Waals surface area contributed by atoms with Gasteiger partial charge in [0.15, 0.2) is 0 Å². The Morgan fingerprint density at radius 2 is 0.884 bits per heavy atom. The minimum absolute atomic E-state index is 0.0550. The van der Waals surface area contributed by atoms with E-state index in [1.54, 1.807) is 12.1 Å². The quantitative estimate of drug-likeness (QED) is 0.177. The van der Waals surface area contributed by atoms with E-state index in [2.05, 4.69) is 9.97 Å². The summed E-state index contributed by atoms with van der Waals surface area (Å²) < 4.78 is 30.1. The normalized spacial score (nSPS) is 11.5. The standard InChI is InChI=1S/C35H24Cl2F2N4/c1-35(2,29-19-23(21-9-5-3-6-10-21)17-27(40-29)25-13-15-31(36)42-33(25)38)30-20-24(22-11-7-4-8-12-22)18-28(41-30)26-14-16-32(37)43-34(26)39/h3-20H,1-2H3. The number of rotatable bonds is 6. The monoisotopic (exact) mass is 608 g/mol. The predicted molar refractivity (Wildman–Crippen MR) is 168 cm³/mol. The molecule has 4 heterocycles. The van der Waals surface area contributed by atoms with Crippen LogP contribution in [0.2, 0.25) is 10.3 Å². The molecular weight excluding hydrogens is 585 g/mol. The Morgan fingerprint density at radius 3 is 1.26 bits per heavy atom. The Morgan fingerprint density at radius 1 is 0.488 bits per heavy atom. The number of nitrogens with zero attached hydrogens (tertiary/aromatic N) is 4. The lowest BCUT2D eigenvalue weighted by molar-refractivity contribution is 0.581. The van der Waals surface area contributed by atoms with Gasteiger partial charge in [-0.3, -0.25) is 9.97 Å². The first kappa shape index (κ1) is 28.6. The highest BCUT2D eigenvalue weighted by molar-refractivity contribution is 6.29. The van der Waals surface area contributed by atoms with Gasteiger partial charge in [-0.1, -0.05) is 83.9 Å². The average molecular weight is 610 g/mol. The van der Waals surface area contributed by atoms with E-state index in [1.807, 2.05) is 98.8 Å². The van der Waals surface area contributed by atoms with E-state index in [9.17, 15) is 0 Å². The maximum Gasteiger partial charge on any atom is 0.223 e. The van der Waals surface area contributed by atoms with E-state index in [4.69, 9.17) is 33.2 Å². The van der Waals surface area contributed by atoms with Gasteiger partial charge in [0.25, 0.3) is 0 Å². The number of benzene rings is 2. The predicted octanol–water partition coefficient (Wildman–Crippen LogP) is 9.85. The summed E-state index contributed by atoms with van der Waals surface area (Å²) in [6.07, 6.45) is 0. The van der Waals surface area contributed by atoms with Crippen LogP contribution in [0.1, 0.15) is 25.2 Å². The highest BCUT2D eigenvalue weighted by Crippen LogP contribution is 2.38. The van der Waals surface area contributed by atoms with Crippen molar-refractivity contribution in [2.75, 3.05) is 0 Å². The molecule has 0 fully saturated rings. The van der Waals surface area contributed by atoms with Crippen LogP contribution in [0.15, 0.2) is 109 Å². The Balaban J connectivity index is 1.58. The molecule has 0 aliphatic carbocycles. The van der Waals surface area contributed by atoms with Crippen molar-refractivity contribution >= 4 is 23.2 Å². The zero-order valence-electron chi connectivity index (χ0n) is 23.2. The van der Waals surface area contributed by atoms with Gasteiger partial charge in [0.2, 0.25) is 11.9 Å². The van der Waals surface area contributed by atoms with E-state index >= 15 is 8.78 Å². The number of pyridine rings is 4. The molecule has 0 saturated heterocycles. The molecule has 4 aromatic heterocycles. The van der Waals surface area contributed by atoms with Gasteiger partial charge in [0.05, 0.1) is 33.9 Å². The third kappa shape index (κ3) is 5.89. The maximum absolute atomic E-state index is 15.1. The molecule has 6 aromatic rings. The Kier molecular flexibility index (Phi) is 7.74. The van der Waals surface area contributed by atoms with Crippen LogP contribution in [-0.4, -0.2) is 19.9 Å². The van der Waals surface area contributed by atoms with Crippen LogP contribution in [0.5, 0.6) is 0 Å². The first-order chi connectivity index (χ1) is 20.7. The molecule has 2 aromatic carbocycles. The van der Waals surface area contributed by atoms with Crippen LogP contribution < -0.4 is 0 Å². The van der Waals surface area contributed by atoms with E-state index in [1.165, 1.54) is 12.1 Å². The van der Waals surface area contributed by atoms with Gasteiger partial charge >= 0.3 is 0 Å². The molecule has 0 aliphatic rings. The number of halogens is 4. The lowest BCUT2D eigenvalue weighted by atomic mass is 9.82. The number of aromatic nitrogens is 4. The second kappa shape index (κ2) is 11.6. The zero-order valence-corrected chi connectivity index (χ0v) is 24.7. The Labute approximate surface area is 258 Å². The third-order valence-electron chi connectivity index (χ3n) is 7.33. The molecular formula is C35H24Cl2F2N4. The van der Waals surface area contributed by atoms with Crippen molar-refractivity contribution in [1.82, 2.24) is 19.9 Å². The Hall–Kier alpha value is -4.52. The first-order valence-electron chi connectivity index (χ1n) is 13.5. The summed E-state index contributed by atoms with van der Waals surface area (Å²) in [5.74, 6) is -1.43. The maximum atomic E-state index is 15.1. The third-order valence-corrected chi connectivity index (χ3v) is 7.75. The summed E-state index contributed by atoms with van der Waals surface area (Å²) in [6, 6.07) is 33.4. The van der Waals surface area contributed by atoms with Crippen LogP contribution >= 0.6 is 23.2 Å². The van der Waals surface area contributed by atoms with Gasteiger partial charge in [0.1, 0.15) is 10.3 Å². The lowest BCUT2D eigenvalue weighted by Gasteiger charge is -2.26. The van der Waals surface area contributed by atoms with Crippen LogP contribution in [0, 0.1) is 11.9 Å². The SMILES string of the molecule is CC(C)(c1cc(-c2ccccc2)cc(-c2ccc(Cl)nc2F)n1)c1cc(-c2ccccc2)cc(-c2ccc(Cl)nc2F)n1. The topological polar surface area (TPSA) is 51.6 Å². The van der Waals surface area contributed by atoms with Gasteiger partial charge in [-0.25, -0.2) is 9.97 Å². The molecule has 0 radical (unpaired) electrons. The molecule has 0 saturated carbocycles. The van der Waals surface area contributed by atoms with Gasteiger partial charge in [-0.2, -0.15) is 8.78 Å². The molecule has 212 valence electrons. The fourth-order valence-electron chi connectivity index (χ4n) is 4.91. The molecule has 0 amide bonds. The molecule has 0 spiro atoms. The van der Waals surface area contributed by atoms with Gasteiger partial charge in [-0.05, 0) is 84.6 Å². The molecule has 0 unspecified atom stereocenters. The molecule has 0 aliphatic heterocycles. The minimum Gasteiger partial charge on any atom is -0.252 e. The molecule has 43 heavy (non-hydrogen) atoms. The smallest absolute Gasteiger partial charge is 0.223 e. The van der Waals surface area contributed by atoms with Crippen molar-refractivity contribution in [3.05, 3.63) is 143 Å². The summed E-state index contributed by atoms with van der Waals surface area (Å²) in [4.78, 5) is 17.5. The van der Waals surface area contributed by atoms with E-state index in [0.717, 1.165) is 22.3 Å². The van der Waals surface area contributed by atoms with Crippen LogP contribution in [0.25, 0.3) is 44.8 Å². The van der Waals surface area contributed by atoms with Crippen molar-refractivity contribution in [2.24, 2.45) is 0 Å². The molecule has 0 N–H and O–H groups in total. The highest BCUT2D eigenvalue weighted by atomic mass is 35.5. The lowest BCUT2D eigenvalue weighted by Crippen LogP contribution is -2.23. The zero-order chi connectivity index (χ0) is 30.1. The van der Waals surface area contributed by atoms with Crippen molar-refractivity contribution in [2.45, 2.75) is 19.3 Å². The van der Waals surface area contributed by atoms with E-state index in [-0.39, 0.29) is 21.4 Å². The van der Waals surface area contributed by atoms with Crippen molar-refractivity contribution in [3.8, 4) is 44.8 Å². The molecule has 0 atom stereocenters. The summed E-state index contributed by atoms with van der Waals surface area (Å²) in [5, 5.41) is 0.110. The fourth-order valence-corrected chi connectivity index (χ4v) is 5.18. The fraction of sp³-hybridized carbons (Fsp3) is 0.0857. The highest BCUT2D eigenvalue weighted by Gasteiger charge is 2.30. The Bertz CT molecular complexity index is 1810. The summed E-state index contributed by atoms with van der Waals surface area (Å²) in [7, 11) is 0. The first-order valence-corrected chi connectivity index (χ1v) is 14.3. The summed E-state index contributed by atoms with van der Waals surface area (Å²) >= 11 is 11.9. The molecule has 4 nitrogen and oxygen atoms in total. The van der Waals surface area contributed by atoms with Crippen LogP contribution in [0.4, 0.5) is 8.78 Å². The van der Waals surface area contributed by atoms with Crippen molar-refractivity contribution in [1.29, 1.82) is 0 Å². The van der Waals surface area contributed by atoms with Gasteiger partial charge < -0.3 is 0 Å². The molecule has 8 heteroatoms. The molecule has 0 bridgehead atoms. The number of hydrogen-bond donors (Lipinski definition) is 0. The second-order valence-electron chi connectivity index (χ2n) is 10.6. The van der Waals surface area contributed by atoms with Crippen LogP contribution in [-0.2, 0) is 5.41 Å². The minimum atomic E-state index is -0.814. The van der Waals surface area contributed by atoms with Gasteiger partial charge in [0, 0.05) is 5.41 Å². The van der Waals surface area contributed by atoms with Crippen LogP contribution in [0.3, 0.4) is 0 Å². The molecule has 6 rings (SSSR count). The van der Waals surface area contributed by atoms with E-state index < -0.39 is 17.3 Å². The largest absolute Gasteiger partial charge is 0.252 e. The average Bonchev–Trinajstić information content (AvgIpc) is 3.01. The second-order valence-corrected chi connectivity index (χ2v) is 11.3. The summed E-state index contributed by atoms with van der Waals surface area (Å²) in [6.45, 7) is 3.98.